The summed E-state index contributed by atoms with van der Waals surface area (Å²) in [6.07, 6.45) is 6.00. The molecule has 0 saturated carbocycles. The Kier molecular flexibility index (Phi) is 4.85. The smallest absolute Gasteiger partial charge is 0.258 e. The fourth-order valence-corrected chi connectivity index (χ4v) is 5.12. The summed E-state index contributed by atoms with van der Waals surface area (Å²) in [4.78, 5) is 20.1. The predicted molar refractivity (Wildman–Crippen MR) is 108 cm³/mol. The van der Waals surface area contributed by atoms with Gasteiger partial charge in [-0.15, -0.1) is 11.3 Å². The molecular formula is C21H24N4OS. The Bertz CT molecular complexity index is 960. The van der Waals surface area contributed by atoms with Gasteiger partial charge >= 0.3 is 0 Å². The van der Waals surface area contributed by atoms with E-state index in [0.717, 1.165) is 25.2 Å². The summed E-state index contributed by atoms with van der Waals surface area (Å²) in [5.41, 5.74) is 10.3. The van der Waals surface area contributed by atoms with Crippen molar-refractivity contribution in [3.63, 3.8) is 0 Å². The molecule has 4 heterocycles. The van der Waals surface area contributed by atoms with Crippen LogP contribution >= 0.6 is 11.3 Å². The molecule has 1 saturated heterocycles. The molecule has 0 spiro atoms. The molecule has 0 bridgehead atoms. The Balaban J connectivity index is 1.59. The zero-order chi connectivity index (χ0) is 19.0. The maximum absolute atomic E-state index is 11.4. The SMILES string of the molecule is Cc1cc(CN2CCC[C@@H]2c2ccc(C(N)=O)s2)c(C)n1-c1cccnc1. The number of pyridine rings is 1. The van der Waals surface area contributed by atoms with Crippen molar-refractivity contribution in [3.05, 3.63) is 69.4 Å². The number of hydrogen-bond acceptors (Lipinski definition) is 4. The van der Waals surface area contributed by atoms with Gasteiger partial charge in [-0.3, -0.25) is 14.7 Å². The molecule has 0 aliphatic carbocycles. The van der Waals surface area contributed by atoms with Crippen LogP contribution in [0.5, 0.6) is 0 Å². The van der Waals surface area contributed by atoms with Crippen molar-refractivity contribution >= 4 is 17.2 Å². The van der Waals surface area contributed by atoms with Crippen LogP contribution < -0.4 is 5.73 Å². The Morgan fingerprint density at radius 3 is 2.89 bits per heavy atom. The zero-order valence-electron chi connectivity index (χ0n) is 15.7. The van der Waals surface area contributed by atoms with Crippen LogP contribution in [0, 0.1) is 13.8 Å². The Morgan fingerprint density at radius 2 is 2.19 bits per heavy atom. The number of rotatable bonds is 5. The minimum atomic E-state index is -0.337. The quantitative estimate of drug-likeness (QED) is 0.728. The van der Waals surface area contributed by atoms with Crippen molar-refractivity contribution in [2.24, 2.45) is 5.73 Å². The van der Waals surface area contributed by atoms with Gasteiger partial charge < -0.3 is 10.3 Å². The van der Waals surface area contributed by atoms with Crippen molar-refractivity contribution in [3.8, 4) is 5.69 Å². The van der Waals surface area contributed by atoms with Crippen molar-refractivity contribution in [1.82, 2.24) is 14.5 Å². The van der Waals surface area contributed by atoms with Gasteiger partial charge in [-0.2, -0.15) is 0 Å². The molecule has 1 aliphatic rings. The van der Waals surface area contributed by atoms with Crippen LogP contribution in [0.25, 0.3) is 5.69 Å². The lowest BCUT2D eigenvalue weighted by atomic mass is 10.1. The van der Waals surface area contributed by atoms with Gasteiger partial charge in [0.1, 0.15) is 0 Å². The molecule has 2 N–H and O–H groups in total. The first-order valence-electron chi connectivity index (χ1n) is 9.26. The van der Waals surface area contributed by atoms with Crippen LogP contribution in [0.15, 0.2) is 42.7 Å². The Hall–Kier alpha value is -2.44. The highest BCUT2D eigenvalue weighted by atomic mass is 32.1. The predicted octanol–water partition coefficient (Wildman–Crippen LogP) is 3.99. The highest BCUT2D eigenvalue weighted by molar-refractivity contribution is 7.14. The molecule has 6 heteroatoms. The average Bonchev–Trinajstić information content (AvgIpc) is 3.36. The molecule has 1 fully saturated rings. The number of carbonyl (C=O) groups is 1. The first-order chi connectivity index (χ1) is 13.0. The molecule has 27 heavy (non-hydrogen) atoms. The third-order valence-corrected chi connectivity index (χ3v) is 6.58. The van der Waals surface area contributed by atoms with E-state index in [4.69, 9.17) is 5.73 Å². The maximum Gasteiger partial charge on any atom is 0.258 e. The largest absolute Gasteiger partial charge is 0.365 e. The molecule has 140 valence electrons. The number of amides is 1. The zero-order valence-corrected chi connectivity index (χ0v) is 16.5. The molecule has 1 amide bonds. The van der Waals surface area contributed by atoms with E-state index in [9.17, 15) is 4.79 Å². The topological polar surface area (TPSA) is 64.2 Å². The maximum atomic E-state index is 11.4. The van der Waals surface area contributed by atoms with E-state index in [1.165, 1.54) is 39.6 Å². The van der Waals surface area contributed by atoms with Gasteiger partial charge in [0.15, 0.2) is 0 Å². The summed E-state index contributed by atoms with van der Waals surface area (Å²) in [6, 6.07) is 10.6. The van der Waals surface area contributed by atoms with Crippen molar-refractivity contribution in [2.45, 2.75) is 39.3 Å². The van der Waals surface area contributed by atoms with Gasteiger partial charge in [0, 0.05) is 35.0 Å². The van der Waals surface area contributed by atoms with E-state index in [-0.39, 0.29) is 5.91 Å². The second-order valence-electron chi connectivity index (χ2n) is 7.14. The lowest BCUT2D eigenvalue weighted by Gasteiger charge is -2.23. The summed E-state index contributed by atoms with van der Waals surface area (Å²) in [5, 5.41) is 0. The molecule has 5 nitrogen and oxygen atoms in total. The van der Waals surface area contributed by atoms with E-state index in [0.29, 0.717) is 10.9 Å². The normalized spacial score (nSPS) is 17.5. The standard InChI is InChI=1S/C21H24N4OS/c1-14-11-16(15(2)25(14)17-5-3-9-23-12-17)13-24-10-4-6-18(24)19-7-8-20(27-19)21(22)26/h3,5,7-9,11-12,18H,4,6,10,13H2,1-2H3,(H2,22,26)/t18-/m1/s1. The summed E-state index contributed by atoms with van der Waals surface area (Å²) in [5.74, 6) is -0.337. The van der Waals surface area contributed by atoms with Crippen LogP contribution in [0.4, 0.5) is 0 Å². The van der Waals surface area contributed by atoms with Gasteiger partial charge in [-0.1, -0.05) is 0 Å². The molecular weight excluding hydrogens is 356 g/mol. The number of likely N-dealkylation sites (tertiary alicyclic amines) is 1. The molecule has 0 radical (unpaired) electrons. The van der Waals surface area contributed by atoms with Crippen LogP contribution in [0.3, 0.4) is 0 Å². The average molecular weight is 381 g/mol. The minimum Gasteiger partial charge on any atom is -0.365 e. The Labute approximate surface area is 163 Å². The Morgan fingerprint density at radius 1 is 1.33 bits per heavy atom. The summed E-state index contributed by atoms with van der Waals surface area (Å²) < 4.78 is 2.27. The second kappa shape index (κ2) is 7.29. The van der Waals surface area contributed by atoms with Gasteiger partial charge in [0.05, 0.1) is 16.8 Å². The highest BCUT2D eigenvalue weighted by Gasteiger charge is 2.28. The van der Waals surface area contributed by atoms with Crippen molar-refractivity contribution in [2.75, 3.05) is 6.54 Å². The monoisotopic (exact) mass is 380 g/mol. The fourth-order valence-electron chi connectivity index (χ4n) is 4.09. The highest BCUT2D eigenvalue weighted by Crippen LogP contribution is 2.37. The summed E-state index contributed by atoms with van der Waals surface area (Å²) in [7, 11) is 0. The summed E-state index contributed by atoms with van der Waals surface area (Å²) in [6.45, 7) is 6.31. The summed E-state index contributed by atoms with van der Waals surface area (Å²) >= 11 is 1.53. The van der Waals surface area contributed by atoms with Gasteiger partial charge in [-0.05, 0) is 69.1 Å². The third kappa shape index (κ3) is 3.42. The van der Waals surface area contributed by atoms with Crippen LogP contribution in [0.1, 0.15) is 50.4 Å². The number of hydrogen-bond donors (Lipinski definition) is 1. The molecule has 4 rings (SSSR count). The molecule has 0 aromatic carbocycles. The van der Waals surface area contributed by atoms with E-state index in [1.807, 2.05) is 18.3 Å². The first-order valence-corrected chi connectivity index (χ1v) is 10.1. The lowest BCUT2D eigenvalue weighted by Crippen LogP contribution is -2.22. The van der Waals surface area contributed by atoms with E-state index >= 15 is 0 Å². The first kappa shape index (κ1) is 17.9. The van der Waals surface area contributed by atoms with E-state index in [2.05, 4.69) is 46.5 Å². The van der Waals surface area contributed by atoms with Gasteiger partial charge in [0.2, 0.25) is 0 Å². The number of nitrogens with zero attached hydrogens (tertiary/aromatic N) is 3. The van der Waals surface area contributed by atoms with E-state index in [1.54, 1.807) is 6.20 Å². The molecule has 1 aliphatic heterocycles. The molecule has 0 unspecified atom stereocenters. The second-order valence-corrected chi connectivity index (χ2v) is 8.25. The number of carbonyl (C=O) groups excluding carboxylic acids is 1. The number of aromatic nitrogens is 2. The van der Waals surface area contributed by atoms with Crippen molar-refractivity contribution in [1.29, 1.82) is 0 Å². The van der Waals surface area contributed by atoms with Gasteiger partial charge in [-0.25, -0.2) is 0 Å². The number of thiophene rings is 1. The number of aryl methyl sites for hydroxylation is 1. The number of nitrogens with two attached hydrogens (primary N) is 1. The minimum absolute atomic E-state index is 0.337. The molecule has 3 aromatic rings. The third-order valence-electron chi connectivity index (χ3n) is 5.38. The van der Waals surface area contributed by atoms with Crippen LogP contribution in [0.2, 0.25) is 0 Å². The van der Waals surface area contributed by atoms with Gasteiger partial charge in [0.25, 0.3) is 5.91 Å². The van der Waals surface area contributed by atoms with E-state index < -0.39 is 0 Å². The fraction of sp³-hybridized carbons (Fsp3) is 0.333. The van der Waals surface area contributed by atoms with Crippen molar-refractivity contribution < 1.29 is 4.79 Å². The van der Waals surface area contributed by atoms with Crippen LogP contribution in [-0.4, -0.2) is 26.9 Å². The molecule has 3 aromatic heterocycles. The number of primary amides is 1. The molecule has 1 atom stereocenters. The van der Waals surface area contributed by atoms with Crippen LogP contribution in [-0.2, 0) is 6.54 Å². The lowest BCUT2D eigenvalue weighted by molar-refractivity contribution is 0.100.